The largest absolute Gasteiger partial charge is 0.388 e. The molecule has 1 aliphatic heterocycles. The Balaban J connectivity index is 2.00. The number of nitrogens with zero attached hydrogens (tertiary/aromatic N) is 3. The Kier molecular flexibility index (Phi) is 2.71. The summed E-state index contributed by atoms with van der Waals surface area (Å²) >= 11 is 0. The Hall–Kier alpha value is -1.95. The smallest absolute Gasteiger partial charge is 0.222 e. The Morgan fingerprint density at radius 2 is 2.17 bits per heavy atom. The molecule has 0 fully saturated rings. The second kappa shape index (κ2) is 4.38. The van der Waals surface area contributed by atoms with Crippen LogP contribution in [0, 0.1) is 5.82 Å². The fraction of sp³-hybridized carbons (Fsp3) is 0.333. The lowest BCUT2D eigenvalue weighted by atomic mass is 10.0. The van der Waals surface area contributed by atoms with Crippen LogP contribution in [0.4, 0.5) is 10.3 Å². The summed E-state index contributed by atoms with van der Waals surface area (Å²) in [6.45, 7) is 0.601. The van der Waals surface area contributed by atoms with Gasteiger partial charge in [-0.25, -0.2) is 9.07 Å². The van der Waals surface area contributed by atoms with Gasteiger partial charge >= 0.3 is 0 Å². The van der Waals surface area contributed by atoms with Crippen molar-refractivity contribution in [1.29, 1.82) is 0 Å². The molecule has 0 aliphatic carbocycles. The Morgan fingerprint density at radius 1 is 1.39 bits per heavy atom. The molecular formula is C12H13FN4O. The van der Waals surface area contributed by atoms with Crippen molar-refractivity contribution in [2.45, 2.75) is 19.1 Å². The van der Waals surface area contributed by atoms with E-state index in [9.17, 15) is 4.39 Å². The number of hydrogen-bond acceptors (Lipinski definition) is 4. The average molecular weight is 248 g/mol. The molecule has 94 valence electrons. The van der Waals surface area contributed by atoms with Crippen molar-refractivity contribution in [3.63, 3.8) is 0 Å². The van der Waals surface area contributed by atoms with Crippen LogP contribution in [0.15, 0.2) is 24.3 Å². The topological polar surface area (TPSA) is 63.0 Å². The molecule has 6 heteroatoms. The molecule has 1 aliphatic rings. The van der Waals surface area contributed by atoms with Crippen molar-refractivity contribution < 1.29 is 9.50 Å². The van der Waals surface area contributed by atoms with Crippen molar-refractivity contribution in [3.8, 4) is 0 Å². The highest BCUT2D eigenvalue weighted by molar-refractivity contribution is 5.32. The molecule has 1 aromatic heterocycles. The molecule has 3 rings (SSSR count). The molecule has 2 N–H and O–H groups in total. The maximum Gasteiger partial charge on any atom is 0.222 e. The number of rotatable bonds is 2. The molecule has 1 aromatic carbocycles. The van der Waals surface area contributed by atoms with Gasteiger partial charge in [-0.15, -0.1) is 0 Å². The van der Waals surface area contributed by atoms with Crippen LogP contribution in [-0.2, 0) is 6.61 Å². The number of aliphatic hydroxyl groups excluding tert-OH is 1. The molecule has 0 saturated heterocycles. The highest BCUT2D eigenvalue weighted by Crippen LogP contribution is 2.28. The number of anilines is 1. The maximum absolute atomic E-state index is 12.9. The van der Waals surface area contributed by atoms with Gasteiger partial charge in [-0.1, -0.05) is 12.1 Å². The lowest BCUT2D eigenvalue weighted by molar-refractivity contribution is 0.270. The minimum atomic E-state index is -0.248. The van der Waals surface area contributed by atoms with E-state index < -0.39 is 0 Å². The number of aromatic nitrogens is 3. The van der Waals surface area contributed by atoms with Gasteiger partial charge in [0.1, 0.15) is 12.4 Å². The summed E-state index contributed by atoms with van der Waals surface area (Å²) in [6, 6.07) is 6.45. The number of hydrogen-bond donors (Lipinski definition) is 2. The normalized spacial score (nSPS) is 18.2. The summed E-state index contributed by atoms with van der Waals surface area (Å²) in [5.41, 5.74) is 0.994. The SMILES string of the molecule is OCc1nc2n(n1)C(c1ccc(F)cc1)CCN2. The second-order valence-corrected chi connectivity index (χ2v) is 4.24. The third-order valence-electron chi connectivity index (χ3n) is 3.07. The summed E-state index contributed by atoms with van der Waals surface area (Å²) in [7, 11) is 0. The first-order chi connectivity index (χ1) is 8.78. The number of nitrogens with one attached hydrogen (secondary N) is 1. The van der Waals surface area contributed by atoms with E-state index in [4.69, 9.17) is 5.11 Å². The van der Waals surface area contributed by atoms with Gasteiger partial charge in [0.25, 0.3) is 0 Å². The predicted octanol–water partition coefficient (Wildman–Crippen LogP) is 1.31. The molecular weight excluding hydrogens is 235 g/mol. The number of aliphatic hydroxyl groups is 1. The summed E-state index contributed by atoms with van der Waals surface area (Å²) in [5.74, 6) is 0.800. The van der Waals surface area contributed by atoms with Gasteiger partial charge in [0, 0.05) is 6.54 Å². The first-order valence-corrected chi connectivity index (χ1v) is 5.83. The van der Waals surface area contributed by atoms with E-state index in [1.54, 1.807) is 16.8 Å². The quantitative estimate of drug-likeness (QED) is 0.841. The third kappa shape index (κ3) is 1.84. The van der Waals surface area contributed by atoms with Crippen LogP contribution in [0.2, 0.25) is 0 Å². The molecule has 1 unspecified atom stereocenters. The molecule has 0 radical (unpaired) electrons. The summed E-state index contributed by atoms with van der Waals surface area (Å²) in [4.78, 5) is 4.18. The van der Waals surface area contributed by atoms with Crippen molar-refractivity contribution >= 4 is 5.95 Å². The van der Waals surface area contributed by atoms with Crippen LogP contribution in [0.25, 0.3) is 0 Å². The Morgan fingerprint density at radius 3 is 2.89 bits per heavy atom. The summed E-state index contributed by atoms with van der Waals surface area (Å²) in [5, 5.41) is 16.4. The molecule has 0 bridgehead atoms. The lowest BCUT2D eigenvalue weighted by Gasteiger charge is -2.24. The zero-order valence-electron chi connectivity index (χ0n) is 9.67. The Labute approximate surface area is 103 Å². The first-order valence-electron chi connectivity index (χ1n) is 5.83. The van der Waals surface area contributed by atoms with Crippen LogP contribution < -0.4 is 5.32 Å². The van der Waals surface area contributed by atoms with Crippen LogP contribution in [0.5, 0.6) is 0 Å². The first kappa shape index (κ1) is 11.2. The van der Waals surface area contributed by atoms with Crippen molar-refractivity contribution in [3.05, 3.63) is 41.5 Å². The molecule has 2 heterocycles. The van der Waals surface area contributed by atoms with E-state index in [0.717, 1.165) is 18.5 Å². The number of benzene rings is 1. The van der Waals surface area contributed by atoms with Gasteiger partial charge in [-0.3, -0.25) is 0 Å². The maximum atomic E-state index is 12.9. The van der Waals surface area contributed by atoms with Crippen LogP contribution in [-0.4, -0.2) is 26.4 Å². The predicted molar refractivity (Wildman–Crippen MR) is 63.6 cm³/mol. The molecule has 0 amide bonds. The van der Waals surface area contributed by atoms with E-state index in [0.29, 0.717) is 11.8 Å². The lowest BCUT2D eigenvalue weighted by Crippen LogP contribution is -2.24. The second-order valence-electron chi connectivity index (χ2n) is 4.24. The van der Waals surface area contributed by atoms with E-state index in [1.165, 1.54) is 12.1 Å². The molecule has 0 spiro atoms. The Bertz CT molecular complexity index is 552. The van der Waals surface area contributed by atoms with Crippen molar-refractivity contribution in [2.24, 2.45) is 0 Å². The molecule has 1 atom stereocenters. The fourth-order valence-corrected chi connectivity index (χ4v) is 2.21. The average Bonchev–Trinajstić information content (AvgIpc) is 2.82. The van der Waals surface area contributed by atoms with Gasteiger partial charge in [-0.2, -0.15) is 10.1 Å². The van der Waals surface area contributed by atoms with Crippen LogP contribution in [0.3, 0.4) is 0 Å². The minimum absolute atomic E-state index is 0.0367. The summed E-state index contributed by atoms with van der Waals surface area (Å²) < 4.78 is 14.7. The van der Waals surface area contributed by atoms with Crippen LogP contribution in [0.1, 0.15) is 23.9 Å². The highest BCUT2D eigenvalue weighted by Gasteiger charge is 2.24. The minimum Gasteiger partial charge on any atom is -0.388 e. The number of halogens is 1. The highest BCUT2D eigenvalue weighted by atomic mass is 19.1. The monoisotopic (exact) mass is 248 g/mol. The van der Waals surface area contributed by atoms with Crippen LogP contribution >= 0.6 is 0 Å². The molecule has 5 nitrogen and oxygen atoms in total. The van der Waals surface area contributed by atoms with Gasteiger partial charge in [-0.05, 0) is 24.1 Å². The van der Waals surface area contributed by atoms with Crippen molar-refractivity contribution in [2.75, 3.05) is 11.9 Å². The molecule has 2 aromatic rings. The zero-order chi connectivity index (χ0) is 12.5. The standard InChI is InChI=1S/C12H13FN4O/c13-9-3-1-8(2-4-9)10-5-6-14-12-15-11(7-18)16-17(10)12/h1-4,10,18H,5-7H2,(H,14,15,16). The van der Waals surface area contributed by atoms with Gasteiger partial charge in [0.05, 0.1) is 6.04 Å². The van der Waals surface area contributed by atoms with Gasteiger partial charge < -0.3 is 10.4 Å². The summed E-state index contributed by atoms with van der Waals surface area (Å²) in [6.07, 6.45) is 0.854. The molecule has 18 heavy (non-hydrogen) atoms. The molecule has 0 saturated carbocycles. The van der Waals surface area contributed by atoms with Crippen molar-refractivity contribution in [1.82, 2.24) is 14.8 Å². The van der Waals surface area contributed by atoms with Gasteiger partial charge in [0.15, 0.2) is 5.82 Å². The van der Waals surface area contributed by atoms with E-state index in [1.807, 2.05) is 0 Å². The third-order valence-corrected chi connectivity index (χ3v) is 3.07. The zero-order valence-corrected chi connectivity index (χ0v) is 9.67. The van der Waals surface area contributed by atoms with E-state index in [2.05, 4.69) is 15.4 Å². The van der Waals surface area contributed by atoms with Gasteiger partial charge in [0.2, 0.25) is 5.95 Å². The van der Waals surface area contributed by atoms with E-state index >= 15 is 0 Å². The fourth-order valence-electron chi connectivity index (χ4n) is 2.21. The number of fused-ring (bicyclic) bond motifs is 1. The van der Waals surface area contributed by atoms with E-state index in [-0.39, 0.29) is 18.5 Å².